The number of nitrogens with zero attached hydrogens (tertiary/aromatic N) is 1. The van der Waals surface area contributed by atoms with Crippen LogP contribution in [0.4, 0.5) is 0 Å². The first-order valence-corrected chi connectivity index (χ1v) is 11.8. The van der Waals surface area contributed by atoms with E-state index < -0.39 is 0 Å². The molecule has 0 bridgehead atoms. The molecule has 2 unspecified atom stereocenters. The number of aryl methyl sites for hydroxylation is 1. The summed E-state index contributed by atoms with van der Waals surface area (Å²) in [5, 5.41) is 4.15. The fraction of sp³-hybridized carbons (Fsp3) is 0.240. The van der Waals surface area contributed by atoms with E-state index in [4.69, 9.17) is 9.47 Å². The molecule has 4 aromatic rings. The van der Waals surface area contributed by atoms with Crippen molar-refractivity contribution in [3.05, 3.63) is 84.3 Å². The van der Waals surface area contributed by atoms with E-state index in [1.807, 2.05) is 55.0 Å². The van der Waals surface area contributed by atoms with Crippen LogP contribution in [0.15, 0.2) is 73.2 Å². The van der Waals surface area contributed by atoms with Crippen LogP contribution in [-0.2, 0) is 6.42 Å². The van der Waals surface area contributed by atoms with Crippen molar-refractivity contribution in [2.24, 2.45) is 0 Å². The predicted molar refractivity (Wildman–Crippen MR) is 133 cm³/mol. The van der Waals surface area contributed by atoms with Crippen LogP contribution in [0.1, 0.15) is 28.4 Å². The Labute approximate surface area is 202 Å². The summed E-state index contributed by atoms with van der Waals surface area (Å²) < 4.78 is 14.1. The number of carbonyl (C=O) groups is 1. The van der Waals surface area contributed by atoms with Crippen LogP contribution >= 0.6 is 24.2 Å². The smallest absolute Gasteiger partial charge is 0.245 e. The average Bonchev–Trinajstić information content (AvgIpc) is 3.57. The standard InChI is InChI=1S/C25H23N3O3S.ClH/c29-24(28-11-10-18-13-26-14-20(18)28)23-15-27-25(32-23)30-19-7-9-22-17(12-19)6-8-21(31-22)16-4-2-1-3-5-16;/h1-5,7,9-14,21,23,25-27H,6,8,15H2;1H/t21-,23?,25?;/m0./s1. The number of hydrogen-bond donors (Lipinski definition) is 2. The Bertz CT molecular complexity index is 1270. The Balaban J connectivity index is 0.00000228. The molecule has 1 saturated heterocycles. The van der Waals surface area contributed by atoms with E-state index in [-0.39, 0.29) is 35.2 Å². The van der Waals surface area contributed by atoms with E-state index in [1.165, 1.54) is 17.3 Å². The summed E-state index contributed by atoms with van der Waals surface area (Å²) in [5.41, 5.74) is 3.01. The largest absolute Gasteiger partial charge is 0.485 e. The first-order chi connectivity index (χ1) is 15.7. The van der Waals surface area contributed by atoms with Crippen LogP contribution in [0.2, 0.25) is 0 Å². The average molecular weight is 482 g/mol. The first kappa shape index (κ1) is 21.9. The summed E-state index contributed by atoms with van der Waals surface area (Å²) in [6.07, 6.45) is 7.56. The molecule has 6 rings (SSSR count). The Hall–Kier alpha value is -2.87. The lowest BCUT2D eigenvalue weighted by Crippen LogP contribution is -2.28. The molecule has 2 aromatic heterocycles. The van der Waals surface area contributed by atoms with Gasteiger partial charge in [-0.25, -0.2) is 0 Å². The number of halogens is 1. The SMILES string of the molecule is Cl.O=C(C1CNC(Oc2ccc3c(c2)CC[C@@H](c2ccccc2)O3)S1)n1ccc2c[nH]cc21. The highest BCUT2D eigenvalue weighted by Gasteiger charge is 2.33. The molecule has 1 fully saturated rings. The Morgan fingerprint density at radius 2 is 2.00 bits per heavy atom. The summed E-state index contributed by atoms with van der Waals surface area (Å²) in [6, 6.07) is 18.3. The van der Waals surface area contributed by atoms with Crippen molar-refractivity contribution in [2.75, 3.05) is 6.54 Å². The van der Waals surface area contributed by atoms with Gasteiger partial charge in [0.2, 0.25) is 5.91 Å². The van der Waals surface area contributed by atoms with Crippen LogP contribution < -0.4 is 14.8 Å². The monoisotopic (exact) mass is 481 g/mol. The maximum atomic E-state index is 13.0. The van der Waals surface area contributed by atoms with E-state index in [0.717, 1.165) is 40.8 Å². The quantitative estimate of drug-likeness (QED) is 0.421. The van der Waals surface area contributed by atoms with E-state index in [9.17, 15) is 4.79 Å². The van der Waals surface area contributed by atoms with Gasteiger partial charge in [0.25, 0.3) is 0 Å². The van der Waals surface area contributed by atoms with Crippen LogP contribution in [0.25, 0.3) is 10.9 Å². The van der Waals surface area contributed by atoms with Gasteiger partial charge >= 0.3 is 0 Å². The van der Waals surface area contributed by atoms with Crippen LogP contribution in [0, 0.1) is 0 Å². The summed E-state index contributed by atoms with van der Waals surface area (Å²) in [4.78, 5) is 16.0. The second-order valence-corrected chi connectivity index (χ2v) is 9.40. The van der Waals surface area contributed by atoms with Crippen LogP contribution in [0.5, 0.6) is 11.5 Å². The molecule has 2 N–H and O–H groups in total. The summed E-state index contributed by atoms with van der Waals surface area (Å²) in [6.45, 7) is 0.574. The van der Waals surface area contributed by atoms with Gasteiger partial charge in [-0.3, -0.25) is 14.7 Å². The molecule has 3 atom stereocenters. The molecule has 2 aliphatic rings. The fourth-order valence-corrected chi connectivity index (χ4v) is 5.50. The van der Waals surface area contributed by atoms with Gasteiger partial charge in [0, 0.05) is 30.5 Å². The molecule has 6 nitrogen and oxygen atoms in total. The molecular formula is C25H24ClN3O3S. The zero-order valence-electron chi connectivity index (χ0n) is 17.8. The van der Waals surface area contributed by atoms with Crippen molar-refractivity contribution in [1.29, 1.82) is 0 Å². The Morgan fingerprint density at radius 1 is 1.12 bits per heavy atom. The maximum Gasteiger partial charge on any atom is 0.245 e. The van der Waals surface area contributed by atoms with Crippen LogP contribution in [0.3, 0.4) is 0 Å². The second-order valence-electron chi connectivity index (χ2n) is 8.13. The number of H-pyrrole nitrogens is 1. The molecule has 33 heavy (non-hydrogen) atoms. The Kier molecular flexibility index (Phi) is 6.10. The highest BCUT2D eigenvalue weighted by molar-refractivity contribution is 8.01. The van der Waals surface area contributed by atoms with E-state index in [1.54, 1.807) is 4.57 Å². The van der Waals surface area contributed by atoms with Gasteiger partial charge in [0.1, 0.15) is 22.9 Å². The highest BCUT2D eigenvalue weighted by atomic mass is 35.5. The highest BCUT2D eigenvalue weighted by Crippen LogP contribution is 2.37. The number of carbonyl (C=O) groups excluding carboxylic acids is 1. The third-order valence-corrected chi connectivity index (χ3v) is 7.29. The number of benzene rings is 2. The van der Waals surface area contributed by atoms with Crippen molar-refractivity contribution < 1.29 is 14.3 Å². The lowest BCUT2D eigenvalue weighted by molar-refractivity contribution is 0.0917. The topological polar surface area (TPSA) is 68.3 Å². The molecule has 8 heteroatoms. The van der Waals surface area contributed by atoms with E-state index in [2.05, 4.69) is 28.5 Å². The molecule has 2 aromatic carbocycles. The third kappa shape index (κ3) is 4.24. The predicted octanol–water partition coefficient (Wildman–Crippen LogP) is 5.17. The number of aromatic nitrogens is 2. The van der Waals surface area contributed by atoms with Gasteiger partial charge in [-0.1, -0.05) is 42.1 Å². The lowest BCUT2D eigenvalue weighted by atomic mass is 9.97. The van der Waals surface area contributed by atoms with Crippen molar-refractivity contribution in [3.63, 3.8) is 0 Å². The van der Waals surface area contributed by atoms with Gasteiger partial charge in [-0.2, -0.15) is 0 Å². The number of nitrogens with one attached hydrogen (secondary N) is 2. The molecule has 0 amide bonds. The minimum absolute atomic E-state index is 0. The normalized spacial score (nSPS) is 21.8. The Morgan fingerprint density at radius 3 is 2.88 bits per heavy atom. The summed E-state index contributed by atoms with van der Waals surface area (Å²) in [7, 11) is 0. The van der Waals surface area contributed by atoms with Crippen molar-refractivity contribution in [2.45, 2.75) is 29.8 Å². The third-order valence-electron chi connectivity index (χ3n) is 6.08. The molecule has 170 valence electrons. The molecule has 2 aliphatic heterocycles. The maximum absolute atomic E-state index is 13.0. The lowest BCUT2D eigenvalue weighted by Gasteiger charge is -2.27. The molecule has 0 radical (unpaired) electrons. The molecule has 0 aliphatic carbocycles. The zero-order chi connectivity index (χ0) is 21.5. The van der Waals surface area contributed by atoms with Crippen molar-refractivity contribution >= 4 is 41.0 Å². The minimum atomic E-state index is -0.263. The van der Waals surface area contributed by atoms with Gasteiger partial charge in [0.05, 0.1) is 5.52 Å². The number of aromatic amines is 1. The second kappa shape index (κ2) is 9.17. The van der Waals surface area contributed by atoms with Gasteiger partial charge in [-0.15, -0.1) is 12.4 Å². The van der Waals surface area contributed by atoms with Gasteiger partial charge < -0.3 is 14.5 Å². The van der Waals surface area contributed by atoms with Gasteiger partial charge in [0.15, 0.2) is 5.56 Å². The first-order valence-electron chi connectivity index (χ1n) is 10.8. The molecule has 4 heterocycles. The van der Waals surface area contributed by atoms with Crippen molar-refractivity contribution in [3.8, 4) is 11.5 Å². The molecule has 0 spiro atoms. The summed E-state index contributed by atoms with van der Waals surface area (Å²) >= 11 is 1.51. The molecular weight excluding hydrogens is 458 g/mol. The number of thioether (sulfide) groups is 1. The number of rotatable bonds is 4. The van der Waals surface area contributed by atoms with E-state index in [0.29, 0.717) is 6.54 Å². The number of ether oxygens (including phenoxy) is 2. The molecule has 0 saturated carbocycles. The minimum Gasteiger partial charge on any atom is -0.485 e. The fourth-order valence-electron chi connectivity index (χ4n) is 4.42. The van der Waals surface area contributed by atoms with Gasteiger partial charge in [-0.05, 0) is 48.2 Å². The van der Waals surface area contributed by atoms with Crippen molar-refractivity contribution in [1.82, 2.24) is 14.9 Å². The van der Waals surface area contributed by atoms with Crippen LogP contribution in [-0.4, -0.2) is 32.8 Å². The zero-order valence-corrected chi connectivity index (χ0v) is 19.4. The number of hydrogen-bond acceptors (Lipinski definition) is 5. The number of fused-ring (bicyclic) bond motifs is 2. The van der Waals surface area contributed by atoms with E-state index >= 15 is 0 Å². The summed E-state index contributed by atoms with van der Waals surface area (Å²) in [5.74, 6) is 1.77.